The summed E-state index contributed by atoms with van der Waals surface area (Å²) in [5.74, 6) is 0. The minimum absolute atomic E-state index is 0.856. The zero-order chi connectivity index (χ0) is 42.0. The summed E-state index contributed by atoms with van der Waals surface area (Å²) in [5, 5.41) is 2.20. The van der Waals surface area contributed by atoms with Crippen molar-refractivity contribution >= 4 is 56.1 Å². The summed E-state index contributed by atoms with van der Waals surface area (Å²) in [6, 6.07) is 90.6. The van der Waals surface area contributed by atoms with Gasteiger partial charge >= 0.3 is 0 Å². The lowest BCUT2D eigenvalue weighted by Crippen LogP contribution is -2.10. The monoisotopic (exact) mass is 806 g/mol. The fourth-order valence-corrected chi connectivity index (χ4v) is 8.71. The lowest BCUT2D eigenvalue weighted by Gasteiger charge is -2.27. The molecule has 0 amide bonds. The molecule has 3 heteroatoms. The fourth-order valence-electron chi connectivity index (χ4n) is 8.71. The summed E-state index contributed by atoms with van der Waals surface area (Å²) >= 11 is 0. The Labute approximate surface area is 368 Å². The molecule has 0 atom stereocenters. The van der Waals surface area contributed by atoms with E-state index in [1.54, 1.807) is 0 Å². The third-order valence-corrected chi connectivity index (χ3v) is 11.9. The largest absolute Gasteiger partial charge is 0.454 e. The Morgan fingerprint density at radius 2 is 0.603 bits per heavy atom. The van der Waals surface area contributed by atoms with Crippen molar-refractivity contribution in [2.24, 2.45) is 0 Å². The van der Waals surface area contributed by atoms with Gasteiger partial charge in [0.2, 0.25) is 0 Å². The SMILES string of the molecule is c1ccc(-c2ccc(N(c3ccc(-c4ccccc4)cc3)c3ccc(-c4cccc(N(c5ccc(-c6ccccc6)cc5)c5cccc6c5oc5ccccc56)c4)cc3)cc2)cc1. The number of rotatable bonds is 10. The predicted molar refractivity (Wildman–Crippen MR) is 265 cm³/mol. The zero-order valence-corrected chi connectivity index (χ0v) is 34.6. The number of furan rings is 1. The van der Waals surface area contributed by atoms with Crippen LogP contribution in [-0.2, 0) is 0 Å². The van der Waals surface area contributed by atoms with E-state index in [1.165, 1.54) is 33.4 Å². The van der Waals surface area contributed by atoms with E-state index in [2.05, 4.69) is 252 Å². The van der Waals surface area contributed by atoms with Gasteiger partial charge in [0.25, 0.3) is 0 Å². The predicted octanol–water partition coefficient (Wildman–Crippen LogP) is 17.2. The smallest absolute Gasteiger partial charge is 0.159 e. The maximum absolute atomic E-state index is 6.64. The Morgan fingerprint density at radius 1 is 0.238 bits per heavy atom. The number of nitrogens with zero attached hydrogens (tertiary/aromatic N) is 2. The number of benzene rings is 10. The molecule has 11 aromatic rings. The number of fused-ring (bicyclic) bond motifs is 3. The van der Waals surface area contributed by atoms with Crippen LogP contribution in [0.1, 0.15) is 0 Å². The number of anilines is 6. The highest BCUT2D eigenvalue weighted by atomic mass is 16.3. The molecule has 0 saturated heterocycles. The Morgan fingerprint density at radius 3 is 1.10 bits per heavy atom. The van der Waals surface area contributed by atoms with E-state index in [9.17, 15) is 0 Å². The van der Waals surface area contributed by atoms with Crippen LogP contribution in [0.4, 0.5) is 34.1 Å². The molecule has 63 heavy (non-hydrogen) atoms. The molecule has 298 valence electrons. The molecule has 1 heterocycles. The van der Waals surface area contributed by atoms with E-state index in [4.69, 9.17) is 4.42 Å². The highest BCUT2D eigenvalue weighted by molar-refractivity contribution is 6.10. The second-order valence-electron chi connectivity index (χ2n) is 15.8. The van der Waals surface area contributed by atoms with Crippen molar-refractivity contribution in [1.82, 2.24) is 0 Å². The first kappa shape index (κ1) is 37.6. The van der Waals surface area contributed by atoms with E-state index in [1.807, 2.05) is 12.1 Å². The van der Waals surface area contributed by atoms with Crippen LogP contribution in [0.25, 0.3) is 66.4 Å². The lowest BCUT2D eigenvalue weighted by molar-refractivity contribution is 0.669. The molecule has 10 aromatic carbocycles. The molecule has 0 spiro atoms. The molecule has 11 rings (SSSR count). The van der Waals surface area contributed by atoms with E-state index in [0.29, 0.717) is 0 Å². The highest BCUT2D eigenvalue weighted by Crippen LogP contribution is 2.44. The van der Waals surface area contributed by atoms with Gasteiger partial charge in [0.1, 0.15) is 5.58 Å². The van der Waals surface area contributed by atoms with E-state index in [0.717, 1.165) is 67.2 Å². The maximum atomic E-state index is 6.64. The summed E-state index contributed by atoms with van der Waals surface area (Å²) in [4.78, 5) is 4.65. The van der Waals surface area contributed by atoms with Crippen LogP contribution in [0.15, 0.2) is 259 Å². The van der Waals surface area contributed by atoms with Crippen molar-refractivity contribution < 1.29 is 4.42 Å². The van der Waals surface area contributed by atoms with Crippen LogP contribution in [0.2, 0.25) is 0 Å². The molecule has 0 aliphatic rings. The maximum Gasteiger partial charge on any atom is 0.159 e. The first-order chi connectivity index (χ1) is 31.2. The zero-order valence-electron chi connectivity index (χ0n) is 34.6. The second-order valence-corrected chi connectivity index (χ2v) is 15.8. The van der Waals surface area contributed by atoms with Crippen LogP contribution in [0, 0.1) is 0 Å². The van der Waals surface area contributed by atoms with Gasteiger partial charge in [-0.15, -0.1) is 0 Å². The summed E-state index contributed by atoms with van der Waals surface area (Å²) in [5.41, 5.74) is 17.4. The average Bonchev–Trinajstić information content (AvgIpc) is 3.76. The molecule has 0 aliphatic heterocycles. The minimum atomic E-state index is 0.856. The standard InChI is InChI=1S/C60H42N2O/c1-4-14-43(15-5-1)46-26-34-51(35-27-46)61(52-36-28-47(29-37-52)44-16-6-2-7-17-44)53-38-32-49(33-39-53)50-20-12-21-55(42-50)62(54-40-30-48(31-41-54)45-18-8-3-9-19-45)58-24-13-23-57-56-22-10-11-25-59(56)63-60(57)58/h1-42H. The quantitative estimate of drug-likeness (QED) is 0.137. The molecular formula is C60H42N2O. The molecule has 0 aliphatic carbocycles. The van der Waals surface area contributed by atoms with Crippen molar-refractivity contribution in [3.63, 3.8) is 0 Å². The van der Waals surface area contributed by atoms with Gasteiger partial charge in [0.15, 0.2) is 5.58 Å². The third kappa shape index (κ3) is 7.43. The van der Waals surface area contributed by atoms with Gasteiger partial charge in [0, 0.05) is 39.2 Å². The number of hydrogen-bond acceptors (Lipinski definition) is 3. The molecule has 1 aromatic heterocycles. The van der Waals surface area contributed by atoms with Gasteiger partial charge < -0.3 is 14.2 Å². The second kappa shape index (κ2) is 16.6. The van der Waals surface area contributed by atoms with Crippen LogP contribution in [0.5, 0.6) is 0 Å². The normalized spacial score (nSPS) is 11.2. The molecule has 3 nitrogen and oxygen atoms in total. The van der Waals surface area contributed by atoms with Crippen molar-refractivity contribution in [3.05, 3.63) is 255 Å². The Bertz CT molecular complexity index is 3200. The molecular weight excluding hydrogens is 765 g/mol. The summed E-state index contributed by atoms with van der Waals surface area (Å²) in [6.07, 6.45) is 0. The van der Waals surface area contributed by atoms with Gasteiger partial charge in [-0.05, 0) is 117 Å². The molecule has 0 saturated carbocycles. The summed E-state index contributed by atoms with van der Waals surface area (Å²) in [7, 11) is 0. The fraction of sp³-hybridized carbons (Fsp3) is 0. The van der Waals surface area contributed by atoms with E-state index >= 15 is 0 Å². The molecule has 0 radical (unpaired) electrons. The molecule has 0 unspecified atom stereocenters. The van der Waals surface area contributed by atoms with Crippen LogP contribution in [-0.4, -0.2) is 0 Å². The topological polar surface area (TPSA) is 19.6 Å². The first-order valence-electron chi connectivity index (χ1n) is 21.4. The molecule has 0 bridgehead atoms. The van der Waals surface area contributed by atoms with Crippen molar-refractivity contribution in [2.75, 3.05) is 9.80 Å². The van der Waals surface area contributed by atoms with E-state index in [-0.39, 0.29) is 0 Å². The Kier molecular flexibility index (Phi) is 9.89. The molecule has 0 fully saturated rings. The van der Waals surface area contributed by atoms with Crippen LogP contribution in [0.3, 0.4) is 0 Å². The Hall–Kier alpha value is -8.40. The van der Waals surface area contributed by atoms with Crippen LogP contribution >= 0.6 is 0 Å². The van der Waals surface area contributed by atoms with Crippen molar-refractivity contribution in [1.29, 1.82) is 0 Å². The van der Waals surface area contributed by atoms with Gasteiger partial charge in [0.05, 0.1) is 5.69 Å². The Balaban J connectivity index is 0.974. The van der Waals surface area contributed by atoms with E-state index < -0.39 is 0 Å². The number of hydrogen-bond donors (Lipinski definition) is 0. The summed E-state index contributed by atoms with van der Waals surface area (Å²) in [6.45, 7) is 0. The highest BCUT2D eigenvalue weighted by Gasteiger charge is 2.20. The van der Waals surface area contributed by atoms with Gasteiger partial charge in [-0.3, -0.25) is 0 Å². The average molecular weight is 807 g/mol. The third-order valence-electron chi connectivity index (χ3n) is 11.9. The number of para-hydroxylation sites is 2. The van der Waals surface area contributed by atoms with Gasteiger partial charge in [-0.25, -0.2) is 0 Å². The van der Waals surface area contributed by atoms with Gasteiger partial charge in [-0.2, -0.15) is 0 Å². The van der Waals surface area contributed by atoms with Crippen LogP contribution < -0.4 is 9.80 Å². The first-order valence-corrected chi connectivity index (χ1v) is 21.4. The van der Waals surface area contributed by atoms with Crippen molar-refractivity contribution in [3.8, 4) is 44.5 Å². The van der Waals surface area contributed by atoms with Crippen molar-refractivity contribution in [2.45, 2.75) is 0 Å². The molecule has 0 N–H and O–H groups in total. The minimum Gasteiger partial charge on any atom is -0.454 e. The van der Waals surface area contributed by atoms with Gasteiger partial charge in [-0.1, -0.05) is 182 Å². The summed E-state index contributed by atoms with van der Waals surface area (Å²) < 4.78 is 6.64. The lowest BCUT2D eigenvalue weighted by atomic mass is 10.0.